The second kappa shape index (κ2) is 11.0. The highest BCUT2D eigenvalue weighted by Gasteiger charge is 2.19. The highest BCUT2D eigenvalue weighted by molar-refractivity contribution is 9.10. The number of nitrogens with zero attached hydrogens (tertiary/aromatic N) is 3. The number of halogens is 2. The highest BCUT2D eigenvalue weighted by atomic mass is 79.9. The maximum atomic E-state index is 6.72. The molecule has 0 spiro atoms. The van der Waals surface area contributed by atoms with Gasteiger partial charge in [-0.25, -0.2) is 15.0 Å². The van der Waals surface area contributed by atoms with Crippen LogP contribution >= 0.6 is 27.5 Å². The Morgan fingerprint density at radius 2 is 1.19 bits per heavy atom. The Morgan fingerprint density at radius 3 is 1.72 bits per heavy atom. The third kappa shape index (κ3) is 5.21. The van der Waals surface area contributed by atoms with Crippen molar-refractivity contribution in [2.45, 2.75) is 82.1 Å². The van der Waals surface area contributed by atoms with Crippen LogP contribution in [-0.2, 0) is 0 Å². The highest BCUT2D eigenvalue weighted by Crippen LogP contribution is 2.41. The molecule has 0 saturated heterocycles. The van der Waals surface area contributed by atoms with Gasteiger partial charge in [-0.05, 0) is 141 Å². The maximum absolute atomic E-state index is 6.72. The van der Waals surface area contributed by atoms with E-state index in [9.17, 15) is 0 Å². The molecule has 0 bridgehead atoms. The molecule has 190 valence electrons. The molecule has 0 unspecified atom stereocenters. The Kier molecular flexibility index (Phi) is 8.63. The van der Waals surface area contributed by atoms with Gasteiger partial charge in [0.1, 0.15) is 0 Å². The van der Waals surface area contributed by atoms with Gasteiger partial charge in [-0.15, -0.1) is 0 Å². The van der Waals surface area contributed by atoms with Crippen molar-refractivity contribution in [3.05, 3.63) is 83.6 Å². The number of hydrogen-bond acceptors (Lipinski definition) is 3. The monoisotopic (exact) mass is 565 g/mol. The average Bonchev–Trinajstić information content (AvgIpc) is 2.85. The van der Waals surface area contributed by atoms with Crippen molar-refractivity contribution in [3.63, 3.8) is 0 Å². The lowest BCUT2D eigenvalue weighted by atomic mass is 9.90. The summed E-state index contributed by atoms with van der Waals surface area (Å²) in [6.07, 6.45) is 0. The first kappa shape index (κ1) is 28.3. The summed E-state index contributed by atoms with van der Waals surface area (Å²) in [7, 11) is 0. The van der Waals surface area contributed by atoms with Gasteiger partial charge in [0, 0.05) is 4.47 Å². The third-order valence-corrected chi connectivity index (χ3v) is 8.96. The lowest BCUT2D eigenvalue weighted by Crippen LogP contribution is -2.06. The standard InChI is InChI=1S/C31H37BrClN3/c1-15(2)27-19(6)18(5)20(7)28(32)31(27)35-24(11)26-14-12-13-25(36-26)23(10)34-30-22(9)17(4)16(3)21(8)29(30)33/h12-15H,1-11H3. The SMILES string of the molecule is CC(=Nc1c(C)c(C)c(C)c(C)c1Cl)c1cccc(C(C)=Nc2c(Br)c(C)c(C)c(C)c2C(C)C)n1. The van der Waals surface area contributed by atoms with Crippen LogP contribution in [0.25, 0.3) is 0 Å². The Balaban J connectivity index is 2.12. The van der Waals surface area contributed by atoms with Crippen molar-refractivity contribution in [2.75, 3.05) is 0 Å². The molecule has 0 aliphatic carbocycles. The molecule has 0 atom stereocenters. The van der Waals surface area contributed by atoms with Crippen LogP contribution in [-0.4, -0.2) is 16.4 Å². The fraction of sp³-hybridized carbons (Fsp3) is 0.387. The zero-order valence-corrected chi connectivity index (χ0v) is 25.7. The summed E-state index contributed by atoms with van der Waals surface area (Å²) in [5.74, 6) is 0.357. The number of benzene rings is 2. The smallest absolute Gasteiger partial charge is 0.0854 e. The number of aliphatic imine (C=N–C) groups is 2. The second-order valence-corrected chi connectivity index (χ2v) is 11.2. The van der Waals surface area contributed by atoms with Crippen LogP contribution in [0, 0.1) is 48.5 Å². The lowest BCUT2D eigenvalue weighted by molar-refractivity contribution is 0.851. The van der Waals surface area contributed by atoms with Crippen LogP contribution in [0.5, 0.6) is 0 Å². The van der Waals surface area contributed by atoms with E-state index < -0.39 is 0 Å². The van der Waals surface area contributed by atoms with E-state index >= 15 is 0 Å². The molecule has 36 heavy (non-hydrogen) atoms. The van der Waals surface area contributed by atoms with Gasteiger partial charge in [0.15, 0.2) is 0 Å². The molecule has 0 saturated carbocycles. The van der Waals surface area contributed by atoms with Gasteiger partial charge >= 0.3 is 0 Å². The van der Waals surface area contributed by atoms with Gasteiger partial charge in [0.05, 0.1) is 39.2 Å². The minimum atomic E-state index is 0.357. The van der Waals surface area contributed by atoms with E-state index in [-0.39, 0.29) is 0 Å². The van der Waals surface area contributed by atoms with Crippen LogP contribution < -0.4 is 0 Å². The summed E-state index contributed by atoms with van der Waals surface area (Å²) >= 11 is 10.6. The zero-order chi connectivity index (χ0) is 27.1. The Morgan fingerprint density at radius 1 is 0.722 bits per heavy atom. The van der Waals surface area contributed by atoms with Crippen LogP contribution in [0.15, 0.2) is 32.7 Å². The van der Waals surface area contributed by atoms with E-state index in [0.717, 1.165) is 49.8 Å². The molecule has 0 fully saturated rings. The van der Waals surface area contributed by atoms with Crippen molar-refractivity contribution >= 4 is 50.3 Å². The van der Waals surface area contributed by atoms with Crippen molar-refractivity contribution in [2.24, 2.45) is 9.98 Å². The zero-order valence-electron chi connectivity index (χ0n) is 23.4. The fourth-order valence-corrected chi connectivity index (χ4v) is 5.53. The van der Waals surface area contributed by atoms with Gasteiger partial charge in [-0.2, -0.15) is 0 Å². The molecule has 5 heteroatoms. The van der Waals surface area contributed by atoms with Crippen LogP contribution in [0.4, 0.5) is 11.4 Å². The van der Waals surface area contributed by atoms with Crippen molar-refractivity contribution in [1.29, 1.82) is 0 Å². The van der Waals surface area contributed by atoms with Crippen molar-refractivity contribution in [1.82, 2.24) is 4.98 Å². The molecule has 3 nitrogen and oxygen atoms in total. The van der Waals surface area contributed by atoms with Gasteiger partial charge in [0.2, 0.25) is 0 Å². The Bertz CT molecular complexity index is 1390. The second-order valence-electron chi connectivity index (χ2n) is 10.1. The molecule has 0 amide bonds. The summed E-state index contributed by atoms with van der Waals surface area (Å²) < 4.78 is 1.05. The van der Waals surface area contributed by atoms with E-state index in [1.165, 1.54) is 33.4 Å². The predicted molar refractivity (Wildman–Crippen MR) is 161 cm³/mol. The molecule has 0 aliphatic rings. The minimum Gasteiger partial charge on any atom is -0.250 e. The fourth-order valence-electron chi connectivity index (χ4n) is 4.60. The van der Waals surface area contributed by atoms with Crippen molar-refractivity contribution < 1.29 is 0 Å². The number of pyridine rings is 1. The summed E-state index contributed by atoms with van der Waals surface area (Å²) in [6.45, 7) is 23.3. The molecule has 2 aromatic carbocycles. The summed E-state index contributed by atoms with van der Waals surface area (Å²) in [5.41, 5.74) is 14.9. The summed E-state index contributed by atoms with van der Waals surface area (Å²) in [4.78, 5) is 15.0. The van der Waals surface area contributed by atoms with Crippen LogP contribution in [0.2, 0.25) is 5.02 Å². The van der Waals surface area contributed by atoms with E-state index in [0.29, 0.717) is 10.9 Å². The summed E-state index contributed by atoms with van der Waals surface area (Å²) in [5, 5.41) is 0.708. The topological polar surface area (TPSA) is 37.6 Å². The maximum Gasteiger partial charge on any atom is 0.0854 e. The molecule has 1 aromatic heterocycles. The normalized spacial score (nSPS) is 12.6. The van der Waals surface area contributed by atoms with E-state index in [1.807, 2.05) is 32.0 Å². The molecular formula is C31H37BrClN3. The molecule has 3 aromatic rings. The van der Waals surface area contributed by atoms with Gasteiger partial charge in [-0.3, -0.25) is 0 Å². The van der Waals surface area contributed by atoms with E-state index in [2.05, 4.69) is 78.2 Å². The van der Waals surface area contributed by atoms with E-state index in [1.54, 1.807) is 0 Å². The molecular weight excluding hydrogens is 530 g/mol. The molecule has 3 rings (SSSR count). The Hall–Kier alpha value is -2.30. The van der Waals surface area contributed by atoms with Gasteiger partial charge in [0.25, 0.3) is 0 Å². The number of hydrogen-bond donors (Lipinski definition) is 0. The van der Waals surface area contributed by atoms with Gasteiger partial charge < -0.3 is 0 Å². The Labute approximate surface area is 230 Å². The quantitative estimate of drug-likeness (QED) is 0.283. The van der Waals surface area contributed by atoms with Crippen LogP contribution in [0.1, 0.15) is 89.5 Å². The number of rotatable bonds is 5. The molecule has 0 radical (unpaired) electrons. The minimum absolute atomic E-state index is 0.357. The number of aromatic nitrogens is 1. The molecule has 0 aliphatic heterocycles. The van der Waals surface area contributed by atoms with Crippen LogP contribution in [0.3, 0.4) is 0 Å². The lowest BCUT2D eigenvalue weighted by Gasteiger charge is -2.20. The van der Waals surface area contributed by atoms with Gasteiger partial charge in [-0.1, -0.05) is 31.5 Å². The van der Waals surface area contributed by atoms with Crippen molar-refractivity contribution in [3.8, 4) is 0 Å². The molecule has 1 heterocycles. The molecule has 0 N–H and O–H groups in total. The first-order valence-corrected chi connectivity index (χ1v) is 13.6. The largest absolute Gasteiger partial charge is 0.250 e. The third-order valence-electron chi connectivity index (χ3n) is 7.53. The predicted octanol–water partition coefficient (Wildman–Crippen LogP) is 10.1. The average molecular weight is 567 g/mol. The first-order chi connectivity index (χ1) is 16.8. The van der Waals surface area contributed by atoms with E-state index in [4.69, 9.17) is 26.6 Å². The first-order valence-electron chi connectivity index (χ1n) is 12.4. The summed E-state index contributed by atoms with van der Waals surface area (Å²) in [6, 6.07) is 6.01.